The summed E-state index contributed by atoms with van der Waals surface area (Å²) >= 11 is 9.62. The van der Waals surface area contributed by atoms with Crippen LogP contribution in [0, 0.1) is 13.8 Å². The van der Waals surface area contributed by atoms with Crippen LogP contribution in [0.15, 0.2) is 39.9 Å². The minimum absolute atomic E-state index is 0.134. The second kappa shape index (κ2) is 9.02. The van der Waals surface area contributed by atoms with Crippen LogP contribution in [0.4, 0.5) is 0 Å². The van der Waals surface area contributed by atoms with Crippen molar-refractivity contribution >= 4 is 39.7 Å². The highest BCUT2D eigenvalue weighted by Crippen LogP contribution is 2.35. The first-order chi connectivity index (χ1) is 11.9. The average Bonchev–Trinajstić information content (AvgIpc) is 2.62. The second-order valence-electron chi connectivity index (χ2n) is 5.62. The fourth-order valence-electron chi connectivity index (χ4n) is 2.20. The van der Waals surface area contributed by atoms with Crippen molar-refractivity contribution in [3.05, 3.63) is 62.1 Å². The van der Waals surface area contributed by atoms with Crippen molar-refractivity contribution in [1.29, 1.82) is 0 Å². The lowest BCUT2D eigenvalue weighted by Gasteiger charge is -2.12. The van der Waals surface area contributed by atoms with Gasteiger partial charge in [0.2, 0.25) is 0 Å². The first-order valence-corrected chi connectivity index (χ1v) is 9.08. The third kappa shape index (κ3) is 5.31. The van der Waals surface area contributed by atoms with Gasteiger partial charge in [-0.1, -0.05) is 42.8 Å². The number of benzene rings is 2. The molecule has 4 nitrogen and oxygen atoms in total. The lowest BCUT2D eigenvalue weighted by Crippen LogP contribution is -2.24. The first-order valence-electron chi connectivity index (χ1n) is 7.91. The molecule has 0 saturated heterocycles. The lowest BCUT2D eigenvalue weighted by molar-refractivity contribution is -0.123. The number of ether oxygens (including phenoxy) is 1. The van der Waals surface area contributed by atoms with Crippen LogP contribution in [0.1, 0.15) is 29.2 Å². The predicted octanol–water partition coefficient (Wildman–Crippen LogP) is 4.81. The van der Waals surface area contributed by atoms with Crippen molar-refractivity contribution in [2.45, 2.75) is 27.2 Å². The molecule has 0 aliphatic heterocycles. The van der Waals surface area contributed by atoms with E-state index in [4.69, 9.17) is 16.3 Å². The number of nitrogens with one attached hydrogen (secondary N) is 1. The number of aryl methyl sites for hydroxylation is 2. The topological polar surface area (TPSA) is 50.7 Å². The maximum absolute atomic E-state index is 11.9. The summed E-state index contributed by atoms with van der Waals surface area (Å²) in [4.78, 5) is 11.9. The van der Waals surface area contributed by atoms with Crippen LogP contribution < -0.4 is 10.2 Å². The van der Waals surface area contributed by atoms with Crippen molar-refractivity contribution in [3.8, 4) is 5.75 Å². The smallest absolute Gasteiger partial charge is 0.277 e. The molecule has 0 aliphatic rings. The number of amides is 1. The van der Waals surface area contributed by atoms with Crippen molar-refractivity contribution < 1.29 is 9.53 Å². The maximum Gasteiger partial charge on any atom is 0.277 e. The Balaban J connectivity index is 1.89. The molecule has 0 aliphatic carbocycles. The quantitative estimate of drug-likeness (QED) is 0.535. The molecule has 0 saturated carbocycles. The fourth-order valence-corrected chi connectivity index (χ4v) is 2.89. The number of carbonyl (C=O) groups excluding carboxylic acids is 1. The van der Waals surface area contributed by atoms with E-state index >= 15 is 0 Å². The molecule has 0 unspecified atom stereocenters. The second-order valence-corrected chi connectivity index (χ2v) is 6.79. The molecule has 0 fully saturated rings. The third-order valence-electron chi connectivity index (χ3n) is 3.72. The number of hydrogen-bond donors (Lipinski definition) is 1. The predicted molar refractivity (Wildman–Crippen MR) is 106 cm³/mol. The molecular formula is C19H20BrClN2O2. The van der Waals surface area contributed by atoms with Crippen LogP contribution in [0.3, 0.4) is 0 Å². The molecule has 6 heteroatoms. The van der Waals surface area contributed by atoms with Gasteiger partial charge in [0.1, 0.15) is 5.75 Å². The summed E-state index contributed by atoms with van der Waals surface area (Å²) < 4.78 is 6.30. The Morgan fingerprint density at radius 2 is 2.00 bits per heavy atom. The molecule has 1 amide bonds. The Morgan fingerprint density at radius 1 is 1.32 bits per heavy atom. The van der Waals surface area contributed by atoms with E-state index < -0.39 is 0 Å². The average molecular weight is 424 g/mol. The molecule has 1 N–H and O–H groups in total. The summed E-state index contributed by atoms with van der Waals surface area (Å²) in [6.07, 6.45) is 2.59. The van der Waals surface area contributed by atoms with Gasteiger partial charge in [0, 0.05) is 5.02 Å². The standard InChI is InChI=1S/C19H20BrClN2O2/c1-4-14-5-7-15(8-6-14)10-22-23-17(24)11-25-16-9-12(2)19(21)13(3)18(16)20/h5-10H,4,11H2,1-3H3,(H,23,24)/b22-10+. The van der Waals surface area contributed by atoms with Crippen molar-refractivity contribution in [2.24, 2.45) is 5.10 Å². The van der Waals surface area contributed by atoms with Gasteiger partial charge in [0.05, 0.1) is 10.7 Å². The summed E-state index contributed by atoms with van der Waals surface area (Å²) in [5, 5.41) is 4.63. The number of halogens is 2. The van der Waals surface area contributed by atoms with Gasteiger partial charge in [-0.25, -0.2) is 5.43 Å². The van der Waals surface area contributed by atoms with Gasteiger partial charge in [0.15, 0.2) is 6.61 Å². The number of rotatable bonds is 6. The van der Waals surface area contributed by atoms with E-state index in [-0.39, 0.29) is 12.5 Å². The Bertz CT molecular complexity index is 789. The Morgan fingerprint density at radius 3 is 2.64 bits per heavy atom. The zero-order valence-electron chi connectivity index (χ0n) is 14.4. The largest absolute Gasteiger partial charge is 0.483 e. The van der Waals surface area contributed by atoms with E-state index in [9.17, 15) is 4.79 Å². The van der Waals surface area contributed by atoms with Crippen LogP contribution in [0.2, 0.25) is 5.02 Å². The molecule has 132 valence electrons. The molecule has 0 radical (unpaired) electrons. The Hall–Kier alpha value is -1.85. The van der Waals surface area contributed by atoms with Gasteiger partial charge in [-0.2, -0.15) is 5.10 Å². The molecule has 0 bridgehead atoms. The molecule has 0 spiro atoms. The normalized spacial score (nSPS) is 10.9. The zero-order chi connectivity index (χ0) is 18.4. The van der Waals surface area contributed by atoms with Crippen LogP contribution in [-0.4, -0.2) is 18.7 Å². The molecule has 2 aromatic rings. The minimum Gasteiger partial charge on any atom is -0.483 e. The molecule has 0 aromatic heterocycles. The Labute approximate surface area is 161 Å². The van der Waals surface area contributed by atoms with Crippen molar-refractivity contribution in [2.75, 3.05) is 6.61 Å². The van der Waals surface area contributed by atoms with E-state index in [1.807, 2.05) is 38.1 Å². The molecular weight excluding hydrogens is 404 g/mol. The van der Waals surface area contributed by atoms with E-state index in [1.54, 1.807) is 12.3 Å². The van der Waals surface area contributed by atoms with Gasteiger partial charge in [-0.05, 0) is 64.5 Å². The SMILES string of the molecule is CCc1ccc(/C=N/NC(=O)COc2cc(C)c(Cl)c(C)c2Br)cc1. The van der Waals surface area contributed by atoms with E-state index in [0.29, 0.717) is 10.8 Å². The maximum atomic E-state index is 11.9. The lowest BCUT2D eigenvalue weighted by atomic mass is 10.1. The van der Waals surface area contributed by atoms with Gasteiger partial charge >= 0.3 is 0 Å². The summed E-state index contributed by atoms with van der Waals surface area (Å²) in [6.45, 7) is 5.75. The zero-order valence-corrected chi connectivity index (χ0v) is 16.7. The van der Waals surface area contributed by atoms with Gasteiger partial charge in [-0.3, -0.25) is 4.79 Å². The highest BCUT2D eigenvalue weighted by molar-refractivity contribution is 9.10. The number of nitrogens with zero attached hydrogens (tertiary/aromatic N) is 1. The monoisotopic (exact) mass is 422 g/mol. The van der Waals surface area contributed by atoms with Crippen LogP contribution >= 0.6 is 27.5 Å². The Kier molecular flexibility index (Phi) is 7.02. The van der Waals surface area contributed by atoms with E-state index in [1.165, 1.54) is 5.56 Å². The van der Waals surface area contributed by atoms with E-state index in [0.717, 1.165) is 27.6 Å². The van der Waals surface area contributed by atoms with Crippen LogP contribution in [-0.2, 0) is 11.2 Å². The van der Waals surface area contributed by atoms with Gasteiger partial charge < -0.3 is 4.74 Å². The third-order valence-corrected chi connectivity index (χ3v) is 5.29. The molecule has 0 atom stereocenters. The highest BCUT2D eigenvalue weighted by atomic mass is 79.9. The number of hydrogen-bond acceptors (Lipinski definition) is 3. The molecule has 2 rings (SSSR count). The van der Waals surface area contributed by atoms with Crippen molar-refractivity contribution in [1.82, 2.24) is 5.43 Å². The number of hydrazone groups is 1. The minimum atomic E-state index is -0.335. The summed E-state index contributed by atoms with van der Waals surface area (Å²) in [7, 11) is 0. The number of carbonyl (C=O) groups is 1. The van der Waals surface area contributed by atoms with Gasteiger partial charge in [0.25, 0.3) is 5.91 Å². The first kappa shape index (κ1) is 19.5. The highest BCUT2D eigenvalue weighted by Gasteiger charge is 2.12. The summed E-state index contributed by atoms with van der Waals surface area (Å²) in [6, 6.07) is 9.79. The summed E-state index contributed by atoms with van der Waals surface area (Å²) in [5.74, 6) is 0.243. The molecule has 2 aromatic carbocycles. The van der Waals surface area contributed by atoms with E-state index in [2.05, 4.69) is 33.4 Å². The summed E-state index contributed by atoms with van der Waals surface area (Å²) in [5.41, 5.74) is 6.41. The van der Waals surface area contributed by atoms with Crippen LogP contribution in [0.5, 0.6) is 5.75 Å². The molecule has 25 heavy (non-hydrogen) atoms. The van der Waals surface area contributed by atoms with Crippen molar-refractivity contribution in [3.63, 3.8) is 0 Å². The van der Waals surface area contributed by atoms with Gasteiger partial charge in [-0.15, -0.1) is 0 Å². The molecule has 0 heterocycles. The van der Waals surface area contributed by atoms with Crippen LogP contribution in [0.25, 0.3) is 0 Å². The fraction of sp³-hybridized carbons (Fsp3) is 0.263.